The lowest BCUT2D eigenvalue weighted by Gasteiger charge is -2.20. The fourth-order valence-corrected chi connectivity index (χ4v) is 5.30. The number of thiocarbonyl (C=S) groups is 1. The van der Waals surface area contributed by atoms with E-state index in [-0.39, 0.29) is 25.5 Å². The largest absolute Gasteiger partial charge is 0.493 e. The number of nitrogens with one attached hydrogen (secondary N) is 5. The van der Waals surface area contributed by atoms with Crippen molar-refractivity contribution in [2.24, 2.45) is 5.73 Å². The van der Waals surface area contributed by atoms with Gasteiger partial charge in [0, 0.05) is 24.7 Å². The highest BCUT2D eigenvalue weighted by molar-refractivity contribution is 7.80. The van der Waals surface area contributed by atoms with E-state index >= 15 is 0 Å². The van der Waals surface area contributed by atoms with Crippen molar-refractivity contribution in [1.82, 2.24) is 21.3 Å². The highest BCUT2D eigenvalue weighted by Crippen LogP contribution is 2.24. The van der Waals surface area contributed by atoms with Crippen LogP contribution in [0.3, 0.4) is 0 Å². The molecule has 278 valence electrons. The first-order valence-corrected chi connectivity index (χ1v) is 17.8. The smallest absolute Gasteiger partial charge is 0.408 e. The molecule has 12 nitrogen and oxygen atoms in total. The molecule has 0 bridgehead atoms. The number of nitrogens with two attached hydrogens (primary N) is 1. The third kappa shape index (κ3) is 14.3. The normalized spacial score (nSPS) is 11.6. The molecule has 0 fully saturated rings. The summed E-state index contributed by atoms with van der Waals surface area (Å²) in [7, 11) is 0. The number of anilines is 2. The molecule has 2 atom stereocenters. The number of para-hydroxylation sites is 1. The number of hydrogen-bond acceptors (Lipinski definition) is 8. The predicted octanol–water partition coefficient (Wildman–Crippen LogP) is 5.15. The van der Waals surface area contributed by atoms with Crippen molar-refractivity contribution in [3.05, 3.63) is 126 Å². The molecule has 0 unspecified atom stereocenters. The van der Waals surface area contributed by atoms with Gasteiger partial charge in [0.25, 0.3) is 5.91 Å². The summed E-state index contributed by atoms with van der Waals surface area (Å²) < 4.78 is 11.2. The lowest BCUT2D eigenvalue weighted by molar-refractivity contribution is -0.128. The van der Waals surface area contributed by atoms with Gasteiger partial charge in [0.1, 0.15) is 24.4 Å². The average molecular weight is 739 g/mol. The number of unbranched alkanes of at least 4 members (excludes halogenated alkanes) is 1. The molecule has 7 N–H and O–H groups in total. The Morgan fingerprint density at radius 2 is 1.49 bits per heavy atom. The maximum atomic E-state index is 13.2. The van der Waals surface area contributed by atoms with Crippen molar-refractivity contribution in [1.29, 1.82) is 0 Å². The van der Waals surface area contributed by atoms with Gasteiger partial charge in [-0.1, -0.05) is 91.1 Å². The highest BCUT2D eigenvalue weighted by Gasteiger charge is 2.24. The Morgan fingerprint density at radius 1 is 0.792 bits per heavy atom. The minimum absolute atomic E-state index is 0.0396. The predicted molar refractivity (Wildman–Crippen MR) is 209 cm³/mol. The van der Waals surface area contributed by atoms with Crippen molar-refractivity contribution in [2.45, 2.75) is 51.3 Å². The molecule has 13 heteroatoms. The molecule has 0 saturated heterocycles. The van der Waals surface area contributed by atoms with Gasteiger partial charge in [0.2, 0.25) is 11.8 Å². The molecule has 0 aliphatic carbocycles. The summed E-state index contributed by atoms with van der Waals surface area (Å²) in [5.74, 6) is -0.817. The Morgan fingerprint density at radius 3 is 2.23 bits per heavy atom. The standard InChI is InChI=1S/C40H46N6O6S/c1-28(37(41)47)44-39(49)35(46-40(50)52-27-30-15-6-3-7-16-30)21-10-11-23-42-36(53)26-43-38(48)33-19-8-9-20-34(33)45-31-17-12-18-32(25-31)51-24-22-29-13-4-2-5-14-29/h2-9,12-20,25,28,35,45H,10-11,21-24,26-27H2,1H3,(H2,41,47)(H,42,53)(H,43,48)(H,44,49)(H,46,50)/t28-,35-/m0/s1. The van der Waals surface area contributed by atoms with Crippen LogP contribution in [0.25, 0.3) is 0 Å². The van der Waals surface area contributed by atoms with Gasteiger partial charge in [-0.15, -0.1) is 0 Å². The van der Waals surface area contributed by atoms with Crippen LogP contribution in [0.1, 0.15) is 47.7 Å². The second-order valence-electron chi connectivity index (χ2n) is 12.2. The van der Waals surface area contributed by atoms with Crippen LogP contribution in [0.2, 0.25) is 0 Å². The molecule has 4 aromatic rings. The van der Waals surface area contributed by atoms with Crippen LogP contribution in [0.15, 0.2) is 109 Å². The van der Waals surface area contributed by atoms with Crippen LogP contribution in [-0.2, 0) is 27.4 Å². The van der Waals surface area contributed by atoms with Crippen LogP contribution in [0.5, 0.6) is 5.75 Å². The van der Waals surface area contributed by atoms with E-state index in [0.29, 0.717) is 42.2 Å². The first-order valence-electron chi connectivity index (χ1n) is 17.4. The van der Waals surface area contributed by atoms with Crippen LogP contribution in [0.4, 0.5) is 16.2 Å². The highest BCUT2D eigenvalue weighted by atomic mass is 32.1. The van der Waals surface area contributed by atoms with Gasteiger partial charge in [-0.05, 0) is 61.6 Å². The molecule has 4 amide bonds. The molecule has 53 heavy (non-hydrogen) atoms. The third-order valence-electron chi connectivity index (χ3n) is 8.05. The minimum Gasteiger partial charge on any atom is -0.493 e. The first kappa shape index (κ1) is 39.8. The van der Waals surface area contributed by atoms with E-state index in [0.717, 1.165) is 23.4 Å². The molecule has 4 aromatic carbocycles. The summed E-state index contributed by atoms with van der Waals surface area (Å²) in [6, 6.07) is 32.2. The Labute approximate surface area is 315 Å². The zero-order valence-electron chi connectivity index (χ0n) is 29.6. The molecule has 0 aromatic heterocycles. The van der Waals surface area contributed by atoms with E-state index in [4.69, 9.17) is 27.4 Å². The summed E-state index contributed by atoms with van der Waals surface area (Å²) in [4.78, 5) is 50.4. The number of ether oxygens (including phenoxy) is 2. The number of alkyl carbamates (subject to hydrolysis) is 1. The summed E-state index contributed by atoms with van der Waals surface area (Å²) in [5, 5.41) is 14.4. The molecule has 0 aliphatic rings. The average Bonchev–Trinajstić information content (AvgIpc) is 3.16. The SMILES string of the molecule is C[C@H](NC(=O)[C@H](CCCCNC(=S)CNC(=O)c1ccccc1Nc1cccc(OCCc2ccccc2)c1)NC(=O)OCc1ccccc1)C(N)=O. The number of rotatable bonds is 20. The Kier molecular flexibility index (Phi) is 16.1. The second kappa shape index (κ2) is 21.4. The minimum atomic E-state index is -0.949. The number of benzene rings is 4. The van der Waals surface area contributed by atoms with Crippen LogP contribution >= 0.6 is 12.2 Å². The van der Waals surface area contributed by atoms with Crippen molar-refractivity contribution in [3.63, 3.8) is 0 Å². The number of hydrogen-bond donors (Lipinski definition) is 6. The van der Waals surface area contributed by atoms with Crippen molar-refractivity contribution < 1.29 is 28.7 Å². The Bertz CT molecular complexity index is 1810. The van der Waals surface area contributed by atoms with Gasteiger partial charge in [0.05, 0.1) is 29.4 Å². The molecule has 4 rings (SSSR count). The summed E-state index contributed by atoms with van der Waals surface area (Å²) in [6.45, 7) is 2.64. The molecule has 0 radical (unpaired) electrons. The monoisotopic (exact) mass is 738 g/mol. The first-order chi connectivity index (χ1) is 25.7. The van der Waals surface area contributed by atoms with Crippen molar-refractivity contribution in [3.8, 4) is 5.75 Å². The lowest BCUT2D eigenvalue weighted by atomic mass is 10.1. The van der Waals surface area contributed by atoms with Crippen molar-refractivity contribution >= 4 is 52.4 Å². The summed E-state index contributed by atoms with van der Waals surface area (Å²) >= 11 is 5.44. The summed E-state index contributed by atoms with van der Waals surface area (Å²) in [5.41, 5.74) is 9.16. The third-order valence-corrected chi connectivity index (χ3v) is 8.33. The fourth-order valence-electron chi connectivity index (χ4n) is 5.12. The maximum Gasteiger partial charge on any atom is 0.408 e. The quantitative estimate of drug-likeness (QED) is 0.0530. The molecule has 0 spiro atoms. The van der Waals surface area contributed by atoms with E-state index in [9.17, 15) is 19.2 Å². The Hall–Kier alpha value is -5.95. The van der Waals surface area contributed by atoms with Crippen molar-refractivity contribution in [2.75, 3.05) is 25.0 Å². The van der Waals surface area contributed by atoms with Gasteiger partial charge < -0.3 is 41.8 Å². The van der Waals surface area contributed by atoms with E-state index in [1.165, 1.54) is 12.5 Å². The molecular weight excluding hydrogens is 693 g/mol. The maximum absolute atomic E-state index is 13.2. The Balaban J connectivity index is 1.20. The zero-order valence-corrected chi connectivity index (χ0v) is 30.5. The van der Waals surface area contributed by atoms with E-state index in [1.54, 1.807) is 12.1 Å². The van der Waals surface area contributed by atoms with Crippen LogP contribution in [0, 0.1) is 0 Å². The van der Waals surface area contributed by atoms with Crippen LogP contribution < -0.4 is 37.1 Å². The molecule has 0 saturated carbocycles. The van der Waals surface area contributed by atoms with E-state index in [2.05, 4.69) is 38.7 Å². The van der Waals surface area contributed by atoms with E-state index < -0.39 is 30.0 Å². The number of carbonyl (C=O) groups is 4. The number of carbonyl (C=O) groups excluding carboxylic acids is 4. The fraction of sp³-hybridized carbons (Fsp3) is 0.275. The van der Waals surface area contributed by atoms with Gasteiger partial charge in [-0.25, -0.2) is 4.79 Å². The summed E-state index contributed by atoms with van der Waals surface area (Å²) in [6.07, 6.45) is 1.44. The number of primary amides is 1. The molecule has 0 aliphatic heterocycles. The van der Waals surface area contributed by atoms with Crippen LogP contribution in [-0.4, -0.2) is 60.6 Å². The second-order valence-corrected chi connectivity index (χ2v) is 12.7. The van der Waals surface area contributed by atoms with Gasteiger partial charge >= 0.3 is 6.09 Å². The van der Waals surface area contributed by atoms with Gasteiger partial charge in [-0.2, -0.15) is 0 Å². The molecule has 0 heterocycles. The molecular formula is C40H46N6O6S. The topological polar surface area (TPSA) is 173 Å². The van der Waals surface area contributed by atoms with Gasteiger partial charge in [0.15, 0.2) is 0 Å². The number of amides is 4. The van der Waals surface area contributed by atoms with Gasteiger partial charge in [-0.3, -0.25) is 14.4 Å². The lowest BCUT2D eigenvalue weighted by Crippen LogP contribution is -2.52. The van der Waals surface area contributed by atoms with E-state index in [1.807, 2.05) is 84.9 Å². The zero-order chi connectivity index (χ0) is 37.8.